The van der Waals surface area contributed by atoms with Crippen LogP contribution in [0.2, 0.25) is 0 Å². The van der Waals surface area contributed by atoms with Gasteiger partial charge in [-0.05, 0) is 28.9 Å². The van der Waals surface area contributed by atoms with Crippen LogP contribution in [0.4, 0.5) is 4.39 Å². The minimum absolute atomic E-state index is 0.163. The summed E-state index contributed by atoms with van der Waals surface area (Å²) in [6, 6.07) is 1.26. The van der Waals surface area contributed by atoms with Gasteiger partial charge in [0, 0.05) is 5.56 Å². The third kappa shape index (κ3) is 1.39. The van der Waals surface area contributed by atoms with Crippen molar-refractivity contribution in [2.24, 2.45) is 0 Å². The fourth-order valence-electron chi connectivity index (χ4n) is 0.876. The number of hydrogen-bond donors (Lipinski definition) is 1. The number of methoxy groups -OCH3 is 1. The molecule has 2 nitrogen and oxygen atoms in total. The molecule has 1 aromatic carbocycles. The molecule has 12 heavy (non-hydrogen) atoms. The first-order chi connectivity index (χ1) is 5.57. The van der Waals surface area contributed by atoms with Crippen LogP contribution in [-0.4, -0.2) is 12.2 Å². The number of phenolic OH excluding ortho intramolecular Hbond substituents is 1. The van der Waals surface area contributed by atoms with Crippen molar-refractivity contribution in [3.8, 4) is 11.5 Å². The Morgan fingerprint density at radius 2 is 2.17 bits per heavy atom. The first kappa shape index (κ1) is 9.32. The highest BCUT2D eigenvalue weighted by Crippen LogP contribution is 2.38. The molecule has 0 aliphatic carbocycles. The monoisotopic (exact) mass is 234 g/mol. The Kier molecular flexibility index (Phi) is 2.57. The van der Waals surface area contributed by atoms with Crippen LogP contribution >= 0.6 is 15.9 Å². The van der Waals surface area contributed by atoms with Gasteiger partial charge in [-0.15, -0.1) is 0 Å². The highest BCUT2D eigenvalue weighted by Gasteiger charge is 2.13. The topological polar surface area (TPSA) is 29.5 Å². The molecule has 1 N–H and O–H groups in total. The summed E-state index contributed by atoms with van der Waals surface area (Å²) in [5.41, 5.74) is 0.190. The van der Waals surface area contributed by atoms with Gasteiger partial charge < -0.3 is 9.84 Å². The van der Waals surface area contributed by atoms with Crippen LogP contribution in [0.15, 0.2) is 10.5 Å². The van der Waals surface area contributed by atoms with Crippen molar-refractivity contribution in [3.63, 3.8) is 0 Å². The lowest BCUT2D eigenvalue weighted by atomic mass is 10.2. The SMILES string of the molecule is COc1c(Br)cc(F)c(C)c1O. The van der Waals surface area contributed by atoms with Gasteiger partial charge in [0.2, 0.25) is 0 Å². The van der Waals surface area contributed by atoms with Gasteiger partial charge in [0.1, 0.15) is 5.82 Å². The van der Waals surface area contributed by atoms with E-state index in [1.165, 1.54) is 20.1 Å². The van der Waals surface area contributed by atoms with E-state index in [1.807, 2.05) is 0 Å². The zero-order valence-electron chi connectivity index (χ0n) is 6.69. The Hall–Kier alpha value is -0.770. The quantitative estimate of drug-likeness (QED) is 0.810. The summed E-state index contributed by atoms with van der Waals surface area (Å²) in [7, 11) is 1.41. The molecule has 0 spiro atoms. The summed E-state index contributed by atoms with van der Waals surface area (Å²) < 4.78 is 18.2. The van der Waals surface area contributed by atoms with Crippen molar-refractivity contribution in [2.45, 2.75) is 6.92 Å². The van der Waals surface area contributed by atoms with Gasteiger partial charge >= 0.3 is 0 Å². The summed E-state index contributed by atoms with van der Waals surface area (Å²) in [4.78, 5) is 0. The maximum absolute atomic E-state index is 12.9. The first-order valence-electron chi connectivity index (χ1n) is 3.29. The van der Waals surface area contributed by atoms with Crippen molar-refractivity contribution in [2.75, 3.05) is 7.11 Å². The normalized spacial score (nSPS) is 10.0. The minimum Gasteiger partial charge on any atom is -0.504 e. The van der Waals surface area contributed by atoms with E-state index in [9.17, 15) is 9.50 Å². The Bertz CT molecular complexity index is 312. The van der Waals surface area contributed by atoms with Gasteiger partial charge in [-0.1, -0.05) is 0 Å². The van der Waals surface area contributed by atoms with Crippen molar-refractivity contribution >= 4 is 15.9 Å². The largest absolute Gasteiger partial charge is 0.504 e. The van der Waals surface area contributed by atoms with Crippen LogP contribution in [0.5, 0.6) is 11.5 Å². The molecule has 0 aliphatic rings. The second-order valence-corrected chi connectivity index (χ2v) is 3.20. The predicted octanol–water partition coefficient (Wildman–Crippen LogP) is 2.61. The molecule has 66 valence electrons. The van der Waals surface area contributed by atoms with Gasteiger partial charge in [0.05, 0.1) is 11.6 Å². The van der Waals surface area contributed by atoms with E-state index in [0.717, 1.165) is 0 Å². The third-order valence-electron chi connectivity index (χ3n) is 1.60. The van der Waals surface area contributed by atoms with Gasteiger partial charge in [0.15, 0.2) is 11.5 Å². The first-order valence-corrected chi connectivity index (χ1v) is 4.08. The molecule has 1 rings (SSSR count). The van der Waals surface area contributed by atoms with E-state index in [2.05, 4.69) is 15.9 Å². The fraction of sp³-hybridized carbons (Fsp3) is 0.250. The summed E-state index contributed by atoms with van der Waals surface area (Å²) in [5, 5.41) is 9.36. The Balaban J connectivity index is 3.40. The highest BCUT2D eigenvalue weighted by atomic mass is 79.9. The van der Waals surface area contributed by atoms with Crippen LogP contribution in [-0.2, 0) is 0 Å². The van der Waals surface area contributed by atoms with Gasteiger partial charge in [-0.2, -0.15) is 0 Å². The molecule has 0 heterocycles. The van der Waals surface area contributed by atoms with Gasteiger partial charge in [-0.3, -0.25) is 0 Å². The maximum Gasteiger partial charge on any atom is 0.175 e. The fourth-order valence-corrected chi connectivity index (χ4v) is 1.43. The molecule has 0 aromatic heterocycles. The summed E-state index contributed by atoms with van der Waals surface area (Å²) in [6.45, 7) is 1.49. The lowest BCUT2D eigenvalue weighted by Crippen LogP contribution is -1.90. The number of phenols is 1. The molecule has 0 aliphatic heterocycles. The Morgan fingerprint density at radius 1 is 1.58 bits per heavy atom. The van der Waals surface area contributed by atoms with Crippen molar-refractivity contribution < 1.29 is 14.2 Å². The average Bonchev–Trinajstić information content (AvgIpc) is 2.01. The Labute approximate surface area is 78.1 Å². The smallest absolute Gasteiger partial charge is 0.175 e. The molecule has 0 saturated carbocycles. The van der Waals surface area contributed by atoms with Crippen LogP contribution in [0.3, 0.4) is 0 Å². The molecular formula is C8H8BrFO2. The van der Waals surface area contributed by atoms with E-state index in [1.54, 1.807) is 0 Å². The second-order valence-electron chi connectivity index (χ2n) is 2.35. The second kappa shape index (κ2) is 3.31. The number of aromatic hydroxyl groups is 1. The summed E-state index contributed by atoms with van der Waals surface area (Å²) in [5.74, 6) is -0.363. The molecule has 0 saturated heterocycles. The zero-order chi connectivity index (χ0) is 9.30. The molecule has 4 heteroatoms. The number of benzene rings is 1. The Morgan fingerprint density at radius 3 is 2.67 bits per heavy atom. The standard InChI is InChI=1S/C8H8BrFO2/c1-4-6(10)3-5(9)8(12-2)7(4)11/h3,11H,1-2H3. The van der Waals surface area contributed by atoms with Crippen LogP contribution in [0.25, 0.3) is 0 Å². The van der Waals surface area contributed by atoms with Crippen molar-refractivity contribution in [1.29, 1.82) is 0 Å². The minimum atomic E-state index is -0.458. The lowest BCUT2D eigenvalue weighted by Gasteiger charge is -2.08. The molecule has 0 unspecified atom stereocenters. The van der Waals surface area contributed by atoms with E-state index in [0.29, 0.717) is 4.47 Å². The van der Waals surface area contributed by atoms with E-state index in [4.69, 9.17) is 4.74 Å². The summed E-state index contributed by atoms with van der Waals surface area (Å²) >= 11 is 3.07. The number of hydrogen-bond acceptors (Lipinski definition) is 2. The molecule has 0 amide bonds. The molecule has 0 radical (unpaired) electrons. The van der Waals surface area contributed by atoms with Gasteiger partial charge in [-0.25, -0.2) is 4.39 Å². The van der Waals surface area contributed by atoms with Crippen LogP contribution < -0.4 is 4.74 Å². The van der Waals surface area contributed by atoms with E-state index < -0.39 is 5.82 Å². The zero-order valence-corrected chi connectivity index (χ0v) is 8.27. The molecular weight excluding hydrogens is 227 g/mol. The van der Waals surface area contributed by atoms with Crippen LogP contribution in [0.1, 0.15) is 5.56 Å². The lowest BCUT2D eigenvalue weighted by molar-refractivity contribution is 0.366. The highest BCUT2D eigenvalue weighted by molar-refractivity contribution is 9.10. The van der Waals surface area contributed by atoms with Crippen molar-refractivity contribution in [1.82, 2.24) is 0 Å². The van der Waals surface area contributed by atoms with E-state index in [-0.39, 0.29) is 17.1 Å². The number of rotatable bonds is 1. The van der Waals surface area contributed by atoms with Gasteiger partial charge in [0.25, 0.3) is 0 Å². The van der Waals surface area contributed by atoms with E-state index >= 15 is 0 Å². The maximum atomic E-state index is 12.9. The number of halogens is 2. The molecule has 1 aromatic rings. The molecule has 0 atom stereocenters. The molecule has 0 fully saturated rings. The van der Waals surface area contributed by atoms with Crippen LogP contribution in [0, 0.1) is 12.7 Å². The third-order valence-corrected chi connectivity index (χ3v) is 2.19. The summed E-state index contributed by atoms with van der Waals surface area (Å²) in [6.07, 6.45) is 0. The van der Waals surface area contributed by atoms with Crippen molar-refractivity contribution in [3.05, 3.63) is 21.9 Å². The molecule has 0 bridgehead atoms. The average molecular weight is 235 g/mol. The number of ether oxygens (including phenoxy) is 1. The predicted molar refractivity (Wildman–Crippen MR) is 47.1 cm³/mol.